The predicted molar refractivity (Wildman–Crippen MR) is 78.7 cm³/mol. The SMILES string of the molecule is Cc1nc(C(=O)NCC2(O)CCCCCC2)ccc1C#N. The molecule has 0 aliphatic heterocycles. The fourth-order valence-corrected chi connectivity index (χ4v) is 2.70. The zero-order valence-electron chi connectivity index (χ0n) is 12.4. The van der Waals surface area contributed by atoms with Gasteiger partial charge in [0.25, 0.3) is 5.91 Å². The molecule has 5 nitrogen and oxygen atoms in total. The minimum absolute atomic E-state index is 0.257. The number of aliphatic hydroxyl groups is 1. The number of hydrogen-bond donors (Lipinski definition) is 2. The first-order valence-corrected chi connectivity index (χ1v) is 7.42. The van der Waals surface area contributed by atoms with Crippen molar-refractivity contribution in [3.63, 3.8) is 0 Å². The van der Waals surface area contributed by atoms with Crippen molar-refractivity contribution < 1.29 is 9.90 Å². The summed E-state index contributed by atoms with van der Waals surface area (Å²) in [6.45, 7) is 1.96. The molecule has 5 heteroatoms. The Balaban J connectivity index is 1.98. The van der Waals surface area contributed by atoms with Crippen LogP contribution < -0.4 is 5.32 Å². The van der Waals surface area contributed by atoms with E-state index < -0.39 is 5.60 Å². The Hall–Kier alpha value is -1.93. The van der Waals surface area contributed by atoms with Crippen LogP contribution in [0.1, 0.15) is 60.3 Å². The topological polar surface area (TPSA) is 86.0 Å². The molecular weight excluding hydrogens is 266 g/mol. The molecule has 0 unspecified atom stereocenters. The lowest BCUT2D eigenvalue weighted by Gasteiger charge is -2.26. The highest BCUT2D eigenvalue weighted by Gasteiger charge is 2.28. The normalized spacial score (nSPS) is 17.6. The molecule has 0 bridgehead atoms. The van der Waals surface area contributed by atoms with Crippen molar-refractivity contribution in [1.82, 2.24) is 10.3 Å². The summed E-state index contributed by atoms with van der Waals surface area (Å²) in [6.07, 6.45) is 5.75. The summed E-state index contributed by atoms with van der Waals surface area (Å²) >= 11 is 0. The van der Waals surface area contributed by atoms with Gasteiger partial charge in [0.2, 0.25) is 0 Å². The zero-order chi connectivity index (χ0) is 15.3. The van der Waals surface area contributed by atoms with E-state index in [0.29, 0.717) is 11.3 Å². The van der Waals surface area contributed by atoms with Crippen LogP contribution in [0.15, 0.2) is 12.1 Å². The van der Waals surface area contributed by atoms with E-state index in [0.717, 1.165) is 38.5 Å². The molecule has 0 radical (unpaired) electrons. The summed E-state index contributed by atoms with van der Waals surface area (Å²) in [7, 11) is 0. The molecule has 112 valence electrons. The number of aromatic nitrogens is 1. The monoisotopic (exact) mass is 287 g/mol. The fraction of sp³-hybridized carbons (Fsp3) is 0.562. The van der Waals surface area contributed by atoms with Gasteiger partial charge >= 0.3 is 0 Å². The Kier molecular flexibility index (Phi) is 4.92. The van der Waals surface area contributed by atoms with Gasteiger partial charge in [-0.25, -0.2) is 4.98 Å². The molecule has 0 atom stereocenters. The molecule has 1 saturated carbocycles. The van der Waals surface area contributed by atoms with Crippen LogP contribution in [0.5, 0.6) is 0 Å². The Labute approximate surface area is 125 Å². The van der Waals surface area contributed by atoms with Crippen molar-refractivity contribution in [2.24, 2.45) is 0 Å². The van der Waals surface area contributed by atoms with Gasteiger partial charge in [-0.1, -0.05) is 25.7 Å². The van der Waals surface area contributed by atoms with Gasteiger partial charge < -0.3 is 10.4 Å². The number of carbonyl (C=O) groups is 1. The maximum absolute atomic E-state index is 12.1. The standard InChI is InChI=1S/C16H21N3O2/c1-12-13(10-17)6-7-14(19-12)15(20)18-11-16(21)8-4-2-3-5-9-16/h6-7,21H,2-5,8-9,11H2,1H3,(H,18,20). The van der Waals surface area contributed by atoms with Gasteiger partial charge in [0.15, 0.2) is 0 Å². The van der Waals surface area contributed by atoms with Crippen LogP contribution in [0.2, 0.25) is 0 Å². The average molecular weight is 287 g/mol. The van der Waals surface area contributed by atoms with Gasteiger partial charge in [-0.3, -0.25) is 4.79 Å². The summed E-state index contributed by atoms with van der Waals surface area (Å²) < 4.78 is 0. The van der Waals surface area contributed by atoms with Gasteiger partial charge in [-0.15, -0.1) is 0 Å². The number of nitrogens with one attached hydrogen (secondary N) is 1. The number of pyridine rings is 1. The fourth-order valence-electron chi connectivity index (χ4n) is 2.70. The average Bonchev–Trinajstić information content (AvgIpc) is 2.70. The Bertz CT molecular complexity index is 555. The van der Waals surface area contributed by atoms with E-state index in [1.54, 1.807) is 13.0 Å². The smallest absolute Gasteiger partial charge is 0.269 e. The van der Waals surface area contributed by atoms with Crippen LogP contribution in [-0.2, 0) is 0 Å². The van der Waals surface area contributed by atoms with Crippen molar-refractivity contribution in [2.75, 3.05) is 6.54 Å². The van der Waals surface area contributed by atoms with Crippen molar-refractivity contribution in [2.45, 2.75) is 51.0 Å². The summed E-state index contributed by atoms with van der Waals surface area (Å²) in [5, 5.41) is 22.1. The maximum atomic E-state index is 12.1. The van der Waals surface area contributed by atoms with Crippen LogP contribution in [0.3, 0.4) is 0 Å². The Morgan fingerprint density at radius 1 is 1.38 bits per heavy atom. The lowest BCUT2D eigenvalue weighted by molar-refractivity contribution is 0.0246. The van der Waals surface area contributed by atoms with Crippen LogP contribution in [0.4, 0.5) is 0 Å². The van der Waals surface area contributed by atoms with E-state index in [2.05, 4.69) is 10.3 Å². The Morgan fingerprint density at radius 3 is 2.62 bits per heavy atom. The van der Waals surface area contributed by atoms with Gasteiger partial charge in [-0.2, -0.15) is 5.26 Å². The van der Waals surface area contributed by atoms with Crippen molar-refractivity contribution in [1.29, 1.82) is 5.26 Å². The molecule has 1 aromatic heterocycles. The maximum Gasteiger partial charge on any atom is 0.269 e. The van der Waals surface area contributed by atoms with Crippen molar-refractivity contribution in [3.8, 4) is 6.07 Å². The summed E-state index contributed by atoms with van der Waals surface area (Å²) in [4.78, 5) is 16.2. The number of aryl methyl sites for hydroxylation is 1. The number of carbonyl (C=O) groups excluding carboxylic acids is 1. The second-order valence-electron chi connectivity index (χ2n) is 5.76. The van der Waals surface area contributed by atoms with Gasteiger partial charge in [-0.05, 0) is 31.9 Å². The molecule has 0 aromatic carbocycles. The van der Waals surface area contributed by atoms with Crippen molar-refractivity contribution >= 4 is 5.91 Å². The Morgan fingerprint density at radius 2 is 2.05 bits per heavy atom. The first-order chi connectivity index (χ1) is 10.0. The highest BCUT2D eigenvalue weighted by molar-refractivity contribution is 5.92. The molecule has 0 saturated heterocycles. The highest BCUT2D eigenvalue weighted by atomic mass is 16.3. The van der Waals surface area contributed by atoms with E-state index in [-0.39, 0.29) is 18.1 Å². The number of rotatable bonds is 3. The minimum Gasteiger partial charge on any atom is -0.388 e. The highest BCUT2D eigenvalue weighted by Crippen LogP contribution is 2.26. The molecule has 1 aromatic rings. The first-order valence-electron chi connectivity index (χ1n) is 7.42. The number of nitriles is 1. The number of amides is 1. The molecular formula is C16H21N3O2. The van der Waals surface area contributed by atoms with Crippen LogP contribution in [0.25, 0.3) is 0 Å². The minimum atomic E-state index is -0.798. The quantitative estimate of drug-likeness (QED) is 0.833. The largest absolute Gasteiger partial charge is 0.388 e. The van der Waals surface area contributed by atoms with E-state index in [4.69, 9.17) is 5.26 Å². The van der Waals surface area contributed by atoms with E-state index in [9.17, 15) is 9.90 Å². The van der Waals surface area contributed by atoms with Gasteiger partial charge in [0, 0.05) is 6.54 Å². The van der Waals surface area contributed by atoms with E-state index >= 15 is 0 Å². The molecule has 2 rings (SSSR count). The molecule has 21 heavy (non-hydrogen) atoms. The summed E-state index contributed by atoms with van der Waals surface area (Å²) in [5.41, 5.74) is 0.490. The molecule has 1 amide bonds. The summed E-state index contributed by atoms with van der Waals surface area (Å²) in [5.74, 6) is -0.305. The number of nitrogens with zero attached hydrogens (tertiary/aromatic N) is 2. The molecule has 1 aliphatic rings. The third-order valence-corrected chi connectivity index (χ3v) is 4.05. The van der Waals surface area contributed by atoms with Gasteiger partial charge in [0.1, 0.15) is 11.8 Å². The third kappa shape index (κ3) is 4.02. The second kappa shape index (κ2) is 6.68. The molecule has 2 N–H and O–H groups in total. The predicted octanol–water partition coefficient (Wildman–Crippen LogP) is 2.08. The first kappa shape index (κ1) is 15.5. The molecule has 1 aliphatic carbocycles. The van der Waals surface area contributed by atoms with Gasteiger partial charge in [0.05, 0.1) is 16.9 Å². The molecule has 1 fully saturated rings. The van der Waals surface area contributed by atoms with Crippen molar-refractivity contribution in [3.05, 3.63) is 29.1 Å². The lowest BCUT2D eigenvalue weighted by Crippen LogP contribution is -2.42. The van der Waals surface area contributed by atoms with E-state index in [1.807, 2.05) is 6.07 Å². The van der Waals surface area contributed by atoms with E-state index in [1.165, 1.54) is 6.07 Å². The van der Waals surface area contributed by atoms with Crippen LogP contribution in [-0.4, -0.2) is 28.1 Å². The van der Waals surface area contributed by atoms with Crippen LogP contribution in [0, 0.1) is 18.3 Å². The lowest BCUT2D eigenvalue weighted by atomic mass is 9.94. The molecule has 1 heterocycles. The summed E-state index contributed by atoms with van der Waals surface area (Å²) in [6, 6.07) is 5.16. The molecule has 0 spiro atoms. The second-order valence-corrected chi connectivity index (χ2v) is 5.76. The third-order valence-electron chi connectivity index (χ3n) is 4.05. The number of hydrogen-bond acceptors (Lipinski definition) is 4. The zero-order valence-corrected chi connectivity index (χ0v) is 12.4. The van der Waals surface area contributed by atoms with Crippen LogP contribution >= 0.6 is 0 Å².